The molecule has 1 heteroatoms. The van der Waals surface area contributed by atoms with Gasteiger partial charge in [-0.15, -0.1) is 0 Å². The summed E-state index contributed by atoms with van der Waals surface area (Å²) in [6.07, 6.45) is 12.1. The van der Waals surface area contributed by atoms with Gasteiger partial charge in [-0.1, -0.05) is 33.3 Å². The third-order valence-electron chi connectivity index (χ3n) is 8.43. The van der Waals surface area contributed by atoms with E-state index in [1.54, 1.807) is 0 Å². The normalized spacial score (nSPS) is 49.9. The number of allylic oxidation sites excluding steroid dienone is 1. The Morgan fingerprint density at radius 2 is 1.73 bits per heavy atom. The Bertz CT molecular complexity index is 542. The molecule has 4 rings (SSSR count). The standard InChI is InChI=1S/C21H32O/c1-19(2)11-12-20(3)9-8-17-16(18(19)20)6-5-14-13-15(22)7-10-21(14,17)4/h13,16-18H,5-12H2,1-4H3/t16-,17+,18-,20-,21+/m1/s1. The van der Waals surface area contributed by atoms with Crippen LogP contribution in [0.15, 0.2) is 11.6 Å². The van der Waals surface area contributed by atoms with Crippen LogP contribution in [0.1, 0.15) is 79.1 Å². The van der Waals surface area contributed by atoms with E-state index in [0.717, 1.165) is 30.6 Å². The minimum absolute atomic E-state index is 0.330. The summed E-state index contributed by atoms with van der Waals surface area (Å²) in [5.41, 5.74) is 2.94. The monoisotopic (exact) mass is 300 g/mol. The molecule has 3 saturated carbocycles. The SMILES string of the molecule is CC1(C)CC[C@@]2(C)CC[C@H]3[C@@H](CCC4=CC(=O)CC[C@@]43C)[C@H]12. The number of carbonyl (C=O) groups is 1. The van der Waals surface area contributed by atoms with Crippen molar-refractivity contribution in [2.24, 2.45) is 34.0 Å². The maximum Gasteiger partial charge on any atom is 0.155 e. The molecule has 0 aromatic heterocycles. The minimum atomic E-state index is 0.330. The largest absolute Gasteiger partial charge is 0.295 e. The number of hydrogen-bond donors (Lipinski definition) is 0. The molecule has 1 nitrogen and oxygen atoms in total. The zero-order valence-corrected chi connectivity index (χ0v) is 14.9. The van der Waals surface area contributed by atoms with E-state index < -0.39 is 0 Å². The maximum absolute atomic E-state index is 11.9. The number of ketones is 1. The second kappa shape index (κ2) is 4.48. The third-order valence-corrected chi connectivity index (χ3v) is 8.43. The van der Waals surface area contributed by atoms with Crippen molar-refractivity contribution in [3.8, 4) is 0 Å². The van der Waals surface area contributed by atoms with Crippen LogP contribution in [0.5, 0.6) is 0 Å². The van der Waals surface area contributed by atoms with Gasteiger partial charge < -0.3 is 0 Å². The predicted molar refractivity (Wildman–Crippen MR) is 90.5 cm³/mol. The van der Waals surface area contributed by atoms with Crippen LogP contribution in [0.2, 0.25) is 0 Å². The molecule has 0 spiro atoms. The molecule has 0 radical (unpaired) electrons. The highest BCUT2D eigenvalue weighted by Crippen LogP contribution is 2.69. The van der Waals surface area contributed by atoms with E-state index in [1.165, 1.54) is 44.1 Å². The van der Waals surface area contributed by atoms with Crippen molar-refractivity contribution in [1.29, 1.82) is 0 Å². The van der Waals surface area contributed by atoms with Crippen LogP contribution in [-0.2, 0) is 4.79 Å². The van der Waals surface area contributed by atoms with Gasteiger partial charge in [-0.05, 0) is 85.0 Å². The lowest BCUT2D eigenvalue weighted by Crippen LogP contribution is -2.51. The smallest absolute Gasteiger partial charge is 0.155 e. The van der Waals surface area contributed by atoms with Gasteiger partial charge in [0.15, 0.2) is 5.78 Å². The Morgan fingerprint density at radius 3 is 2.50 bits per heavy atom. The lowest BCUT2D eigenvalue weighted by Gasteiger charge is -2.59. The number of carbonyl (C=O) groups excluding carboxylic acids is 1. The van der Waals surface area contributed by atoms with E-state index in [4.69, 9.17) is 0 Å². The molecule has 4 aliphatic carbocycles. The summed E-state index contributed by atoms with van der Waals surface area (Å²) in [5, 5.41) is 0. The lowest BCUT2D eigenvalue weighted by molar-refractivity contribution is -0.118. The van der Waals surface area contributed by atoms with E-state index in [-0.39, 0.29) is 0 Å². The van der Waals surface area contributed by atoms with Gasteiger partial charge in [0.25, 0.3) is 0 Å². The molecule has 4 aliphatic rings. The van der Waals surface area contributed by atoms with Crippen LogP contribution in [0.3, 0.4) is 0 Å². The summed E-state index contributed by atoms with van der Waals surface area (Å²) in [5.74, 6) is 3.00. The molecule has 0 bridgehead atoms. The van der Waals surface area contributed by atoms with Crippen LogP contribution in [0.4, 0.5) is 0 Å². The fourth-order valence-electron chi connectivity index (χ4n) is 7.41. The summed E-state index contributed by atoms with van der Waals surface area (Å²) in [6.45, 7) is 10.1. The third kappa shape index (κ3) is 1.86. The van der Waals surface area contributed by atoms with Crippen molar-refractivity contribution in [3.63, 3.8) is 0 Å². The Balaban J connectivity index is 1.73. The summed E-state index contributed by atoms with van der Waals surface area (Å²) in [6, 6.07) is 0. The molecule has 0 aromatic rings. The zero-order chi connectivity index (χ0) is 15.8. The molecule has 0 aromatic carbocycles. The second-order valence-corrected chi connectivity index (χ2v) is 10.0. The van der Waals surface area contributed by atoms with Gasteiger partial charge in [0, 0.05) is 6.42 Å². The first-order valence-corrected chi connectivity index (χ1v) is 9.50. The Hall–Kier alpha value is -0.590. The molecule has 5 atom stereocenters. The molecule has 122 valence electrons. The maximum atomic E-state index is 11.9. The Labute approximate surface area is 135 Å². The molecule has 0 unspecified atom stereocenters. The van der Waals surface area contributed by atoms with Crippen LogP contribution in [0.25, 0.3) is 0 Å². The summed E-state index contributed by atoms with van der Waals surface area (Å²) in [7, 11) is 0. The quantitative estimate of drug-likeness (QED) is 0.573. The van der Waals surface area contributed by atoms with Gasteiger partial charge in [-0.2, -0.15) is 0 Å². The number of fused-ring (bicyclic) bond motifs is 5. The first kappa shape index (κ1) is 15.0. The van der Waals surface area contributed by atoms with Gasteiger partial charge in [0.2, 0.25) is 0 Å². The fraction of sp³-hybridized carbons (Fsp3) is 0.857. The molecule has 3 fully saturated rings. The fourth-order valence-corrected chi connectivity index (χ4v) is 7.41. The van der Waals surface area contributed by atoms with Gasteiger partial charge in [-0.3, -0.25) is 4.79 Å². The van der Waals surface area contributed by atoms with E-state index in [2.05, 4.69) is 27.7 Å². The highest BCUT2D eigenvalue weighted by atomic mass is 16.1. The van der Waals surface area contributed by atoms with E-state index in [0.29, 0.717) is 22.0 Å². The van der Waals surface area contributed by atoms with Gasteiger partial charge in [-0.25, -0.2) is 0 Å². The van der Waals surface area contributed by atoms with Crippen LogP contribution in [-0.4, -0.2) is 5.78 Å². The summed E-state index contributed by atoms with van der Waals surface area (Å²) < 4.78 is 0. The molecule has 22 heavy (non-hydrogen) atoms. The van der Waals surface area contributed by atoms with Crippen molar-refractivity contribution >= 4 is 5.78 Å². The molecule has 0 aliphatic heterocycles. The average molecular weight is 300 g/mol. The van der Waals surface area contributed by atoms with Gasteiger partial charge >= 0.3 is 0 Å². The van der Waals surface area contributed by atoms with Gasteiger partial charge in [0.1, 0.15) is 0 Å². The Morgan fingerprint density at radius 1 is 0.955 bits per heavy atom. The summed E-state index contributed by atoms with van der Waals surface area (Å²) >= 11 is 0. The predicted octanol–water partition coefficient (Wildman–Crippen LogP) is 5.54. The van der Waals surface area contributed by atoms with E-state index in [9.17, 15) is 4.79 Å². The van der Waals surface area contributed by atoms with Crippen molar-refractivity contribution in [2.75, 3.05) is 0 Å². The zero-order valence-electron chi connectivity index (χ0n) is 14.9. The van der Waals surface area contributed by atoms with Crippen LogP contribution < -0.4 is 0 Å². The molecular formula is C21H32O. The molecule has 0 N–H and O–H groups in total. The average Bonchev–Trinajstić information content (AvgIpc) is 2.70. The van der Waals surface area contributed by atoms with Crippen molar-refractivity contribution in [1.82, 2.24) is 0 Å². The van der Waals surface area contributed by atoms with Crippen molar-refractivity contribution in [2.45, 2.75) is 79.1 Å². The molecule has 0 amide bonds. The van der Waals surface area contributed by atoms with E-state index >= 15 is 0 Å². The lowest BCUT2D eigenvalue weighted by atomic mass is 9.45. The van der Waals surface area contributed by atoms with Crippen LogP contribution >= 0.6 is 0 Å². The van der Waals surface area contributed by atoms with Crippen molar-refractivity contribution in [3.05, 3.63) is 11.6 Å². The first-order valence-electron chi connectivity index (χ1n) is 9.50. The molecule has 0 heterocycles. The van der Waals surface area contributed by atoms with Gasteiger partial charge in [0.05, 0.1) is 0 Å². The van der Waals surface area contributed by atoms with Crippen LogP contribution in [0, 0.1) is 34.0 Å². The highest BCUT2D eigenvalue weighted by molar-refractivity contribution is 5.91. The number of hydrogen-bond acceptors (Lipinski definition) is 1. The molecular weight excluding hydrogens is 268 g/mol. The number of rotatable bonds is 0. The Kier molecular flexibility index (Phi) is 3.05. The highest BCUT2D eigenvalue weighted by Gasteiger charge is 2.60. The second-order valence-electron chi connectivity index (χ2n) is 10.0. The summed E-state index contributed by atoms with van der Waals surface area (Å²) in [4.78, 5) is 11.9. The van der Waals surface area contributed by atoms with Crippen molar-refractivity contribution < 1.29 is 4.79 Å². The molecule has 0 saturated heterocycles. The van der Waals surface area contributed by atoms with E-state index in [1.807, 2.05) is 6.08 Å². The first-order chi connectivity index (χ1) is 10.3. The topological polar surface area (TPSA) is 17.1 Å². The minimum Gasteiger partial charge on any atom is -0.295 e.